The van der Waals surface area contributed by atoms with Crippen LogP contribution < -0.4 is 15.6 Å². The minimum absolute atomic E-state index is 0.0969. The summed E-state index contributed by atoms with van der Waals surface area (Å²) in [5.74, 6) is 1.75. The zero-order valence-corrected chi connectivity index (χ0v) is 17.4. The number of fused-ring (bicyclic) bond motifs is 1. The Kier molecular flexibility index (Phi) is 5.62. The molecular formula is C21H24N4O3S. The van der Waals surface area contributed by atoms with Gasteiger partial charge in [0, 0.05) is 36.5 Å². The van der Waals surface area contributed by atoms with Crippen molar-refractivity contribution < 1.29 is 9.53 Å². The number of aryl methyl sites for hydroxylation is 3. The fourth-order valence-corrected chi connectivity index (χ4v) is 4.08. The van der Waals surface area contributed by atoms with Crippen LogP contribution in [0.15, 0.2) is 23.1 Å². The van der Waals surface area contributed by atoms with Gasteiger partial charge in [-0.05, 0) is 43.7 Å². The van der Waals surface area contributed by atoms with E-state index in [4.69, 9.17) is 4.74 Å². The van der Waals surface area contributed by atoms with E-state index >= 15 is 0 Å². The zero-order chi connectivity index (χ0) is 20.4. The van der Waals surface area contributed by atoms with Crippen LogP contribution >= 0.6 is 11.3 Å². The molecule has 0 aromatic carbocycles. The Morgan fingerprint density at radius 2 is 2.17 bits per heavy atom. The number of carbonyl (C=O) groups is 1. The number of carbonyl (C=O) groups excluding carboxylic acids is 1. The van der Waals surface area contributed by atoms with E-state index in [9.17, 15) is 9.59 Å². The van der Waals surface area contributed by atoms with Gasteiger partial charge in [-0.2, -0.15) is 0 Å². The van der Waals surface area contributed by atoms with Gasteiger partial charge in [0.1, 0.15) is 10.7 Å². The number of ether oxygens (including phenoxy) is 1. The summed E-state index contributed by atoms with van der Waals surface area (Å²) in [6, 6.07) is 3.74. The highest BCUT2D eigenvalue weighted by Crippen LogP contribution is 2.29. The quantitative estimate of drug-likeness (QED) is 0.593. The molecule has 0 saturated heterocycles. The first-order valence-corrected chi connectivity index (χ1v) is 10.6. The van der Waals surface area contributed by atoms with Gasteiger partial charge in [0.2, 0.25) is 11.8 Å². The summed E-state index contributed by atoms with van der Waals surface area (Å²) in [5, 5.41) is 3.53. The van der Waals surface area contributed by atoms with Crippen molar-refractivity contribution in [2.75, 3.05) is 6.61 Å². The van der Waals surface area contributed by atoms with E-state index in [0.717, 1.165) is 27.4 Å². The van der Waals surface area contributed by atoms with Crippen molar-refractivity contribution in [2.45, 2.75) is 46.1 Å². The molecule has 4 rings (SSSR count). The van der Waals surface area contributed by atoms with Crippen LogP contribution in [0.3, 0.4) is 0 Å². The molecule has 1 fully saturated rings. The molecule has 8 heteroatoms. The van der Waals surface area contributed by atoms with Crippen LogP contribution in [0.1, 0.15) is 41.1 Å². The van der Waals surface area contributed by atoms with Gasteiger partial charge in [0.05, 0.1) is 12.0 Å². The standard InChI is InChI=1S/C21H24N4O3S/c1-12-13(2)29-21-19(12)20(27)24-16(25-21)6-7-17(26)22-9-15-5-8-18(23-10-15)28-11-14-3-4-14/h5,8,10,14H,3-4,6-7,9,11H2,1-2H3,(H,22,26)(H,24,25,27). The van der Waals surface area contributed by atoms with Gasteiger partial charge in [0.25, 0.3) is 5.56 Å². The van der Waals surface area contributed by atoms with E-state index in [1.807, 2.05) is 26.0 Å². The van der Waals surface area contributed by atoms with Crippen molar-refractivity contribution in [2.24, 2.45) is 5.92 Å². The van der Waals surface area contributed by atoms with E-state index in [1.54, 1.807) is 6.20 Å². The van der Waals surface area contributed by atoms with Gasteiger partial charge in [-0.15, -0.1) is 11.3 Å². The molecule has 3 heterocycles. The third-order valence-corrected chi connectivity index (χ3v) is 6.23. The van der Waals surface area contributed by atoms with Crippen LogP contribution in [-0.4, -0.2) is 27.5 Å². The normalized spacial score (nSPS) is 13.6. The van der Waals surface area contributed by atoms with E-state index in [1.165, 1.54) is 24.2 Å². The number of pyridine rings is 1. The molecule has 1 aliphatic rings. The van der Waals surface area contributed by atoms with Crippen molar-refractivity contribution in [1.82, 2.24) is 20.3 Å². The van der Waals surface area contributed by atoms with E-state index in [2.05, 4.69) is 20.3 Å². The maximum absolute atomic E-state index is 12.3. The number of aromatic amines is 1. The molecule has 29 heavy (non-hydrogen) atoms. The average molecular weight is 413 g/mol. The molecule has 3 aromatic rings. The van der Waals surface area contributed by atoms with Crippen LogP contribution in [-0.2, 0) is 17.8 Å². The molecule has 1 aliphatic carbocycles. The second-order valence-corrected chi connectivity index (χ2v) is 8.72. The molecule has 0 spiro atoms. The lowest BCUT2D eigenvalue weighted by Gasteiger charge is -2.07. The Labute approximate surface area is 172 Å². The highest BCUT2D eigenvalue weighted by atomic mass is 32.1. The van der Waals surface area contributed by atoms with Gasteiger partial charge in [-0.25, -0.2) is 9.97 Å². The number of nitrogens with one attached hydrogen (secondary N) is 2. The molecule has 1 amide bonds. The van der Waals surface area contributed by atoms with Crippen LogP contribution in [0.25, 0.3) is 10.2 Å². The first kappa shape index (κ1) is 19.6. The van der Waals surface area contributed by atoms with E-state index < -0.39 is 0 Å². The molecule has 0 bridgehead atoms. The number of H-pyrrole nitrogens is 1. The highest BCUT2D eigenvalue weighted by molar-refractivity contribution is 7.18. The van der Waals surface area contributed by atoms with Gasteiger partial charge in [0.15, 0.2) is 0 Å². The number of thiophene rings is 1. The summed E-state index contributed by atoms with van der Waals surface area (Å²) in [6.07, 6.45) is 4.85. The number of hydrogen-bond acceptors (Lipinski definition) is 6. The minimum Gasteiger partial charge on any atom is -0.477 e. The van der Waals surface area contributed by atoms with Gasteiger partial charge >= 0.3 is 0 Å². The molecule has 0 unspecified atom stereocenters. The van der Waals surface area contributed by atoms with Gasteiger partial charge in [-0.1, -0.05) is 6.07 Å². The van der Waals surface area contributed by atoms with Crippen LogP contribution in [0.4, 0.5) is 0 Å². The van der Waals surface area contributed by atoms with E-state index in [-0.39, 0.29) is 17.9 Å². The second kappa shape index (κ2) is 8.32. The molecule has 152 valence electrons. The monoisotopic (exact) mass is 412 g/mol. The summed E-state index contributed by atoms with van der Waals surface area (Å²) >= 11 is 1.51. The Hall–Kier alpha value is -2.74. The lowest BCUT2D eigenvalue weighted by atomic mass is 10.2. The predicted octanol–water partition coefficient (Wildman–Crippen LogP) is 3.03. The summed E-state index contributed by atoms with van der Waals surface area (Å²) in [5.41, 5.74) is 1.75. The Balaban J connectivity index is 1.27. The van der Waals surface area contributed by atoms with Crippen molar-refractivity contribution in [3.8, 4) is 5.88 Å². The van der Waals surface area contributed by atoms with Crippen LogP contribution in [0.2, 0.25) is 0 Å². The highest BCUT2D eigenvalue weighted by Gasteiger charge is 2.22. The third kappa shape index (κ3) is 4.82. The summed E-state index contributed by atoms with van der Waals surface area (Å²) < 4.78 is 5.61. The Bertz CT molecular complexity index is 1080. The molecule has 2 N–H and O–H groups in total. The maximum atomic E-state index is 12.3. The molecule has 0 atom stereocenters. The summed E-state index contributed by atoms with van der Waals surface area (Å²) in [6.45, 7) is 5.05. The molecule has 1 saturated carbocycles. The smallest absolute Gasteiger partial charge is 0.259 e. The number of amides is 1. The van der Waals surface area contributed by atoms with Crippen molar-refractivity contribution in [1.29, 1.82) is 0 Å². The minimum atomic E-state index is -0.137. The number of nitrogens with zero attached hydrogens (tertiary/aromatic N) is 2. The molecule has 7 nitrogen and oxygen atoms in total. The van der Waals surface area contributed by atoms with Gasteiger partial charge in [-0.3, -0.25) is 9.59 Å². The van der Waals surface area contributed by atoms with Crippen molar-refractivity contribution in [3.63, 3.8) is 0 Å². The summed E-state index contributed by atoms with van der Waals surface area (Å²) in [7, 11) is 0. The Morgan fingerprint density at radius 3 is 2.90 bits per heavy atom. The maximum Gasteiger partial charge on any atom is 0.259 e. The zero-order valence-electron chi connectivity index (χ0n) is 16.6. The topological polar surface area (TPSA) is 97.0 Å². The molecular weight excluding hydrogens is 388 g/mol. The predicted molar refractivity (Wildman–Crippen MR) is 112 cm³/mol. The van der Waals surface area contributed by atoms with Gasteiger partial charge < -0.3 is 15.0 Å². The Morgan fingerprint density at radius 1 is 1.34 bits per heavy atom. The largest absolute Gasteiger partial charge is 0.477 e. The fourth-order valence-electron chi connectivity index (χ4n) is 3.03. The molecule has 3 aromatic heterocycles. The number of aromatic nitrogens is 3. The third-order valence-electron chi connectivity index (χ3n) is 5.13. The first-order valence-electron chi connectivity index (χ1n) is 9.83. The second-order valence-electron chi connectivity index (χ2n) is 7.51. The lowest BCUT2D eigenvalue weighted by molar-refractivity contribution is -0.121. The molecule has 0 aliphatic heterocycles. The van der Waals surface area contributed by atoms with Crippen LogP contribution in [0.5, 0.6) is 5.88 Å². The average Bonchev–Trinajstić information content (AvgIpc) is 3.49. The van der Waals surface area contributed by atoms with E-state index in [0.29, 0.717) is 36.0 Å². The summed E-state index contributed by atoms with van der Waals surface area (Å²) in [4.78, 5) is 37.9. The first-order chi connectivity index (χ1) is 14.0. The number of rotatable bonds is 8. The number of hydrogen-bond donors (Lipinski definition) is 2. The van der Waals surface area contributed by atoms with Crippen molar-refractivity contribution in [3.05, 3.63) is 50.5 Å². The van der Waals surface area contributed by atoms with Crippen LogP contribution in [0, 0.1) is 19.8 Å². The van der Waals surface area contributed by atoms with Crippen molar-refractivity contribution >= 4 is 27.5 Å². The fraction of sp³-hybridized carbons (Fsp3) is 0.429. The lowest BCUT2D eigenvalue weighted by Crippen LogP contribution is -2.23. The SMILES string of the molecule is Cc1sc2nc(CCC(=O)NCc3ccc(OCC4CC4)nc3)[nH]c(=O)c2c1C. The molecule has 0 radical (unpaired) electrons.